The molecule has 8 nitrogen and oxygen atoms in total. The first-order chi connectivity index (χ1) is 9.59. The zero-order valence-electron chi connectivity index (χ0n) is 11.1. The molecular formula is C11H14N3O5P. The largest absolute Gasteiger partial charge is 0.549 e. The molecule has 0 radical (unpaired) electrons. The van der Waals surface area contributed by atoms with Gasteiger partial charge in [-0.25, -0.2) is 14.5 Å². The van der Waals surface area contributed by atoms with Gasteiger partial charge in [0.2, 0.25) is 0 Å². The molecule has 0 bridgehead atoms. The van der Waals surface area contributed by atoms with Crippen molar-refractivity contribution in [1.29, 1.82) is 0 Å². The summed E-state index contributed by atoms with van der Waals surface area (Å²) in [7, 11) is -3.85. The smallest absolute Gasteiger partial charge is 0.306 e. The summed E-state index contributed by atoms with van der Waals surface area (Å²) in [6.45, 7) is 3.51. The summed E-state index contributed by atoms with van der Waals surface area (Å²) >= 11 is 0. The molecule has 0 aliphatic heterocycles. The number of phosphoric ester groups is 1. The van der Waals surface area contributed by atoms with E-state index in [1.54, 1.807) is 26.0 Å². The van der Waals surface area contributed by atoms with Crippen LogP contribution in [0.1, 0.15) is 13.8 Å². The van der Waals surface area contributed by atoms with Crippen LogP contribution in [0.25, 0.3) is 11.0 Å². The second-order valence-corrected chi connectivity index (χ2v) is 5.19. The molecule has 20 heavy (non-hydrogen) atoms. The molecule has 0 aromatic carbocycles. The molecule has 0 unspecified atom stereocenters. The minimum atomic E-state index is -3.85. The Morgan fingerprint density at radius 3 is 2.60 bits per heavy atom. The van der Waals surface area contributed by atoms with Gasteiger partial charge in [0.25, 0.3) is 0 Å². The van der Waals surface area contributed by atoms with Crippen molar-refractivity contribution < 1.29 is 18.2 Å². The lowest BCUT2D eigenvalue weighted by atomic mass is 10.4. The van der Waals surface area contributed by atoms with Crippen molar-refractivity contribution in [3.05, 3.63) is 35.0 Å². The van der Waals surface area contributed by atoms with E-state index < -0.39 is 13.4 Å². The third kappa shape index (κ3) is 3.04. The Balaban J connectivity index is 2.40. The summed E-state index contributed by atoms with van der Waals surface area (Å²) in [5, 5.41) is 0. The topological polar surface area (TPSA) is 92.5 Å². The third-order valence-electron chi connectivity index (χ3n) is 2.25. The number of pyridine rings is 1. The Kier molecular flexibility index (Phi) is 4.49. The van der Waals surface area contributed by atoms with Crippen molar-refractivity contribution in [1.82, 2.24) is 14.7 Å². The summed E-state index contributed by atoms with van der Waals surface area (Å²) in [5.74, 6) is 0. The lowest BCUT2D eigenvalue weighted by molar-refractivity contribution is 0.107. The van der Waals surface area contributed by atoms with Crippen LogP contribution < -0.4 is 10.2 Å². The van der Waals surface area contributed by atoms with Gasteiger partial charge in [-0.15, -0.1) is 4.73 Å². The normalized spacial score (nSPS) is 11.7. The SMILES string of the molecule is CCOP(=O)(OCC)On1cnc2cccnc2c1=O. The van der Waals surface area contributed by atoms with Crippen molar-refractivity contribution in [2.45, 2.75) is 13.8 Å². The lowest BCUT2D eigenvalue weighted by Gasteiger charge is -2.16. The predicted molar refractivity (Wildman–Crippen MR) is 71.2 cm³/mol. The van der Waals surface area contributed by atoms with E-state index in [0.29, 0.717) is 10.2 Å². The van der Waals surface area contributed by atoms with E-state index in [-0.39, 0.29) is 18.7 Å². The zero-order valence-corrected chi connectivity index (χ0v) is 11.9. The molecule has 2 rings (SSSR count). The average molecular weight is 299 g/mol. The summed E-state index contributed by atoms with van der Waals surface area (Å²) in [6.07, 6.45) is 2.57. The molecule has 0 aliphatic rings. The van der Waals surface area contributed by atoms with Crippen molar-refractivity contribution in [3.8, 4) is 0 Å². The molecule has 0 fully saturated rings. The van der Waals surface area contributed by atoms with Crippen LogP contribution in [0, 0.1) is 0 Å². The highest BCUT2D eigenvalue weighted by molar-refractivity contribution is 7.48. The van der Waals surface area contributed by atoms with Crippen molar-refractivity contribution in [2.75, 3.05) is 13.2 Å². The number of fused-ring (bicyclic) bond motifs is 1. The summed E-state index contributed by atoms with van der Waals surface area (Å²) in [5.41, 5.74) is -0.0650. The van der Waals surface area contributed by atoms with E-state index >= 15 is 0 Å². The van der Waals surface area contributed by atoms with Gasteiger partial charge in [-0.3, -0.25) is 13.8 Å². The van der Waals surface area contributed by atoms with Crippen LogP contribution in [0.15, 0.2) is 29.5 Å². The van der Waals surface area contributed by atoms with Crippen LogP contribution in [-0.2, 0) is 13.6 Å². The van der Waals surface area contributed by atoms with Crippen molar-refractivity contribution in [2.24, 2.45) is 0 Å². The minimum Gasteiger partial charge on any atom is -0.306 e. The van der Waals surface area contributed by atoms with Crippen LogP contribution in [0.2, 0.25) is 0 Å². The first-order valence-corrected chi connectivity index (χ1v) is 7.47. The molecule has 108 valence electrons. The maximum atomic E-state index is 12.2. The maximum Gasteiger partial charge on any atom is 0.549 e. The average Bonchev–Trinajstić information content (AvgIpc) is 2.43. The van der Waals surface area contributed by atoms with E-state index in [9.17, 15) is 9.36 Å². The highest BCUT2D eigenvalue weighted by atomic mass is 31.2. The highest BCUT2D eigenvalue weighted by Gasteiger charge is 2.29. The summed E-state index contributed by atoms with van der Waals surface area (Å²) < 4.78 is 27.8. The second-order valence-electron chi connectivity index (χ2n) is 3.61. The number of nitrogens with zero attached hydrogens (tertiary/aromatic N) is 3. The first-order valence-electron chi connectivity index (χ1n) is 6.01. The number of rotatable bonds is 6. The Hall–Kier alpha value is -1.76. The Labute approximate surface area is 114 Å². The van der Waals surface area contributed by atoms with Gasteiger partial charge in [-0.05, 0) is 26.0 Å². The molecular weight excluding hydrogens is 285 g/mol. The number of hydrogen-bond donors (Lipinski definition) is 0. The van der Waals surface area contributed by atoms with Gasteiger partial charge >= 0.3 is 13.4 Å². The van der Waals surface area contributed by atoms with Gasteiger partial charge in [0.15, 0.2) is 5.52 Å². The second kappa shape index (κ2) is 6.13. The van der Waals surface area contributed by atoms with Gasteiger partial charge in [0, 0.05) is 6.20 Å². The molecule has 0 atom stereocenters. The Morgan fingerprint density at radius 2 is 1.95 bits per heavy atom. The monoisotopic (exact) mass is 299 g/mol. The van der Waals surface area contributed by atoms with E-state index in [4.69, 9.17) is 13.7 Å². The van der Waals surface area contributed by atoms with Crippen LogP contribution in [0.5, 0.6) is 0 Å². The van der Waals surface area contributed by atoms with Gasteiger partial charge in [-0.2, -0.15) is 0 Å². The molecule has 0 saturated carbocycles. The van der Waals surface area contributed by atoms with E-state index in [2.05, 4.69) is 9.97 Å². The van der Waals surface area contributed by atoms with E-state index in [1.165, 1.54) is 6.20 Å². The van der Waals surface area contributed by atoms with Crippen LogP contribution in [-0.4, -0.2) is 27.9 Å². The quantitative estimate of drug-likeness (QED) is 0.744. The van der Waals surface area contributed by atoms with Crippen LogP contribution in [0.4, 0.5) is 0 Å². The molecule has 0 amide bonds. The van der Waals surface area contributed by atoms with Gasteiger partial charge in [0.1, 0.15) is 6.33 Å². The summed E-state index contributed by atoms with van der Waals surface area (Å²) in [6, 6.07) is 3.30. The highest BCUT2D eigenvalue weighted by Crippen LogP contribution is 2.45. The lowest BCUT2D eigenvalue weighted by Crippen LogP contribution is -2.27. The number of hydrogen-bond acceptors (Lipinski definition) is 7. The van der Waals surface area contributed by atoms with Crippen molar-refractivity contribution in [3.63, 3.8) is 0 Å². The molecule has 9 heteroatoms. The molecule has 0 saturated heterocycles. The minimum absolute atomic E-state index is 0.106. The molecule has 2 aromatic heterocycles. The molecule has 0 aliphatic carbocycles. The molecule has 2 aromatic rings. The number of phosphoric acid groups is 1. The fourth-order valence-electron chi connectivity index (χ4n) is 1.50. The third-order valence-corrected chi connectivity index (χ3v) is 3.78. The Bertz CT molecular complexity index is 692. The summed E-state index contributed by atoms with van der Waals surface area (Å²) in [4.78, 5) is 20.0. The molecule has 2 heterocycles. The Morgan fingerprint density at radius 1 is 1.25 bits per heavy atom. The van der Waals surface area contributed by atoms with E-state index in [0.717, 1.165) is 6.33 Å². The fourth-order valence-corrected chi connectivity index (χ4v) is 2.64. The molecule has 0 N–H and O–H groups in total. The fraction of sp³-hybridized carbons (Fsp3) is 0.364. The van der Waals surface area contributed by atoms with Crippen LogP contribution in [0.3, 0.4) is 0 Å². The molecule has 0 spiro atoms. The maximum absolute atomic E-state index is 12.2. The van der Waals surface area contributed by atoms with Crippen LogP contribution >= 0.6 is 7.82 Å². The number of aromatic nitrogens is 3. The van der Waals surface area contributed by atoms with Crippen molar-refractivity contribution >= 4 is 18.9 Å². The van der Waals surface area contributed by atoms with Gasteiger partial charge in [-0.1, -0.05) is 0 Å². The zero-order chi connectivity index (χ0) is 14.6. The van der Waals surface area contributed by atoms with E-state index in [1.807, 2.05) is 0 Å². The van der Waals surface area contributed by atoms with Gasteiger partial charge in [0.05, 0.1) is 18.7 Å². The van der Waals surface area contributed by atoms with Gasteiger partial charge < -0.3 is 4.62 Å². The predicted octanol–water partition coefficient (Wildman–Crippen LogP) is 1.40. The first kappa shape index (κ1) is 14.6. The standard InChI is InChI=1S/C11H14N3O5P/c1-3-17-20(16,18-4-2)19-14-8-13-9-6-5-7-12-10(9)11(14)15/h5-8H,3-4H2,1-2H3.